The highest BCUT2D eigenvalue weighted by Gasteiger charge is 2.36. The van der Waals surface area contributed by atoms with E-state index in [4.69, 9.17) is 5.10 Å². The van der Waals surface area contributed by atoms with Crippen LogP contribution in [0.3, 0.4) is 0 Å². The second-order valence-corrected chi connectivity index (χ2v) is 13.0. The summed E-state index contributed by atoms with van der Waals surface area (Å²) in [5.41, 5.74) is 2.59. The molecular weight excluding hydrogens is 566 g/mol. The molecule has 43 heavy (non-hydrogen) atoms. The Hall–Kier alpha value is -4.25. The van der Waals surface area contributed by atoms with Gasteiger partial charge in [0, 0.05) is 22.6 Å². The number of hydrazone groups is 1. The molecule has 2 aromatic rings. The first-order valence-electron chi connectivity index (χ1n) is 14.4. The van der Waals surface area contributed by atoms with Crippen molar-refractivity contribution in [2.24, 2.45) is 16.4 Å². The van der Waals surface area contributed by atoms with Gasteiger partial charge >= 0.3 is 6.03 Å². The zero-order valence-electron chi connectivity index (χ0n) is 24.5. The predicted octanol–water partition coefficient (Wildman–Crippen LogP) is 5.79. The number of hydrogen-bond acceptors (Lipinski definition) is 7. The largest absolute Gasteiger partial charge is 0.345 e. The van der Waals surface area contributed by atoms with Gasteiger partial charge in [0.25, 0.3) is 11.1 Å². The summed E-state index contributed by atoms with van der Waals surface area (Å²) in [6, 6.07) is 13.8. The van der Waals surface area contributed by atoms with Crippen LogP contribution in [0.2, 0.25) is 0 Å². The first-order chi connectivity index (χ1) is 20.5. The summed E-state index contributed by atoms with van der Waals surface area (Å²) in [6.07, 6.45) is 6.72. The second-order valence-electron chi connectivity index (χ2n) is 12.0. The molecule has 2 aromatic carbocycles. The molecule has 0 radical (unpaired) electrons. The lowest BCUT2D eigenvalue weighted by Crippen LogP contribution is -2.47. The molecule has 1 saturated heterocycles. The fourth-order valence-corrected chi connectivity index (χ4v) is 6.01. The van der Waals surface area contributed by atoms with E-state index in [1.54, 1.807) is 30.3 Å². The number of amides is 5. The fourth-order valence-electron chi connectivity index (χ4n) is 5.32. The maximum absolute atomic E-state index is 14.0. The van der Waals surface area contributed by atoms with Crippen LogP contribution in [0, 0.1) is 11.3 Å². The molecule has 2 fully saturated rings. The van der Waals surface area contributed by atoms with E-state index in [9.17, 15) is 24.0 Å². The molecule has 10 nitrogen and oxygen atoms in total. The Morgan fingerprint density at radius 1 is 1.02 bits per heavy atom. The summed E-state index contributed by atoms with van der Waals surface area (Å²) in [4.78, 5) is 65.7. The van der Waals surface area contributed by atoms with E-state index in [1.807, 2.05) is 45.0 Å². The number of carbonyl (C=O) groups is 5. The van der Waals surface area contributed by atoms with Crippen molar-refractivity contribution >= 4 is 63.8 Å². The summed E-state index contributed by atoms with van der Waals surface area (Å²) in [7, 11) is 0. The Bertz CT molecular complexity index is 1540. The zero-order valence-corrected chi connectivity index (χ0v) is 25.3. The van der Waals surface area contributed by atoms with E-state index in [-0.39, 0.29) is 29.7 Å². The van der Waals surface area contributed by atoms with Crippen molar-refractivity contribution in [1.82, 2.24) is 10.3 Å². The number of benzene rings is 2. The number of ketones is 1. The first-order valence-corrected chi connectivity index (χ1v) is 15.3. The average Bonchev–Trinajstić information content (AvgIpc) is 3.23. The summed E-state index contributed by atoms with van der Waals surface area (Å²) >= 11 is 0.813. The molecule has 224 valence electrons. The van der Waals surface area contributed by atoms with Gasteiger partial charge in [0.15, 0.2) is 5.78 Å². The van der Waals surface area contributed by atoms with Gasteiger partial charge < -0.3 is 5.32 Å². The highest BCUT2D eigenvalue weighted by molar-refractivity contribution is 8.18. The number of urea groups is 1. The molecule has 1 saturated carbocycles. The van der Waals surface area contributed by atoms with Gasteiger partial charge in [-0.25, -0.2) is 9.80 Å². The highest BCUT2D eigenvalue weighted by Crippen LogP contribution is 2.34. The van der Waals surface area contributed by atoms with E-state index in [0.717, 1.165) is 55.1 Å². The number of imide groups is 1. The lowest BCUT2D eigenvalue weighted by Gasteiger charge is -2.28. The van der Waals surface area contributed by atoms with Crippen LogP contribution in [0.4, 0.5) is 21.0 Å². The van der Waals surface area contributed by atoms with Crippen LogP contribution in [0.15, 0.2) is 58.5 Å². The molecule has 0 spiro atoms. The standard InChI is InChI=1S/C32H35N5O5S/c1-32(2,3)26(38)18-36-24-15-8-7-14-23(24)28(21-11-5-4-6-12-21)35-37(31(36)42)19-27(39)33-22-13-9-10-20(16-22)17-25-29(40)34-30(41)43-25/h7-10,13-17,21H,4-6,11-12,18-19H2,1-3H3,(H,33,39)(H,34,40,41)/b25-17-. The highest BCUT2D eigenvalue weighted by atomic mass is 32.2. The molecule has 3 aliphatic rings. The van der Waals surface area contributed by atoms with Crippen LogP contribution in [-0.2, 0) is 14.4 Å². The minimum atomic E-state index is -0.665. The summed E-state index contributed by atoms with van der Waals surface area (Å²) < 4.78 is 0. The van der Waals surface area contributed by atoms with Crippen LogP contribution in [0.5, 0.6) is 0 Å². The molecule has 0 atom stereocenters. The summed E-state index contributed by atoms with van der Waals surface area (Å²) in [6.45, 7) is 4.95. The maximum Gasteiger partial charge on any atom is 0.345 e. The van der Waals surface area contributed by atoms with Gasteiger partial charge in [0.2, 0.25) is 5.91 Å². The summed E-state index contributed by atoms with van der Waals surface area (Å²) in [5.74, 6) is -0.913. The van der Waals surface area contributed by atoms with E-state index in [2.05, 4.69) is 10.6 Å². The van der Waals surface area contributed by atoms with Crippen LogP contribution >= 0.6 is 11.8 Å². The smallest absolute Gasteiger partial charge is 0.324 e. The van der Waals surface area contributed by atoms with Crippen molar-refractivity contribution in [1.29, 1.82) is 0 Å². The minimum Gasteiger partial charge on any atom is -0.324 e. The number of thioether (sulfide) groups is 1. The Kier molecular flexibility index (Phi) is 8.82. The molecule has 0 bridgehead atoms. The van der Waals surface area contributed by atoms with Gasteiger partial charge in [-0.05, 0) is 54.4 Å². The van der Waals surface area contributed by atoms with Crippen LogP contribution in [0.1, 0.15) is 64.0 Å². The molecule has 2 heterocycles. The molecule has 0 aromatic heterocycles. The molecule has 5 amide bonds. The maximum atomic E-state index is 14.0. The number of nitrogens with one attached hydrogen (secondary N) is 2. The summed E-state index contributed by atoms with van der Waals surface area (Å²) in [5, 5.41) is 10.6. The minimum absolute atomic E-state index is 0.108. The number of para-hydroxylation sites is 1. The van der Waals surface area contributed by atoms with E-state index >= 15 is 0 Å². The van der Waals surface area contributed by atoms with Gasteiger partial charge in [0.1, 0.15) is 6.54 Å². The van der Waals surface area contributed by atoms with Crippen molar-refractivity contribution in [3.63, 3.8) is 0 Å². The third-order valence-corrected chi connectivity index (χ3v) is 8.50. The molecule has 2 N–H and O–H groups in total. The molecule has 1 aliphatic carbocycles. The number of anilines is 2. The quantitative estimate of drug-likeness (QED) is 0.387. The van der Waals surface area contributed by atoms with Gasteiger partial charge in [-0.15, -0.1) is 0 Å². The van der Waals surface area contributed by atoms with Crippen molar-refractivity contribution in [2.45, 2.75) is 52.9 Å². The van der Waals surface area contributed by atoms with Gasteiger partial charge in [-0.2, -0.15) is 5.10 Å². The Morgan fingerprint density at radius 2 is 1.77 bits per heavy atom. The molecule has 0 unspecified atom stereocenters. The molecule has 2 aliphatic heterocycles. The second kappa shape index (κ2) is 12.5. The zero-order chi connectivity index (χ0) is 30.7. The number of Topliss-reactive ketones (excluding diaryl/α,β-unsaturated/α-hetero) is 1. The Morgan fingerprint density at radius 3 is 2.47 bits per heavy atom. The van der Waals surface area contributed by atoms with Gasteiger partial charge in [0.05, 0.1) is 22.8 Å². The molecule has 5 rings (SSSR count). The van der Waals surface area contributed by atoms with E-state index in [0.29, 0.717) is 16.9 Å². The number of rotatable bonds is 7. The van der Waals surface area contributed by atoms with E-state index in [1.165, 1.54) is 9.91 Å². The number of nitrogens with zero attached hydrogens (tertiary/aromatic N) is 3. The van der Waals surface area contributed by atoms with Crippen molar-refractivity contribution in [2.75, 3.05) is 23.3 Å². The van der Waals surface area contributed by atoms with Crippen molar-refractivity contribution < 1.29 is 24.0 Å². The van der Waals surface area contributed by atoms with Gasteiger partial charge in [-0.1, -0.05) is 70.4 Å². The third-order valence-electron chi connectivity index (χ3n) is 7.68. The van der Waals surface area contributed by atoms with Crippen LogP contribution in [-0.4, -0.2) is 52.7 Å². The number of fused-ring (bicyclic) bond motifs is 1. The van der Waals surface area contributed by atoms with Crippen molar-refractivity contribution in [3.8, 4) is 0 Å². The molecule has 11 heteroatoms. The van der Waals surface area contributed by atoms with Crippen molar-refractivity contribution in [3.05, 3.63) is 64.6 Å². The average molecular weight is 602 g/mol. The number of carbonyl (C=O) groups excluding carboxylic acids is 5. The fraction of sp³-hybridized carbons (Fsp3) is 0.375. The van der Waals surface area contributed by atoms with Crippen LogP contribution < -0.4 is 15.5 Å². The Labute approximate surface area is 254 Å². The monoisotopic (exact) mass is 601 g/mol. The lowest BCUT2D eigenvalue weighted by molar-refractivity contribution is -0.124. The predicted molar refractivity (Wildman–Crippen MR) is 168 cm³/mol. The first kappa shape index (κ1) is 30.2. The number of hydrogen-bond donors (Lipinski definition) is 2. The van der Waals surface area contributed by atoms with Crippen LogP contribution in [0.25, 0.3) is 6.08 Å². The normalized spacial score (nSPS) is 18.7. The van der Waals surface area contributed by atoms with Gasteiger partial charge in [-0.3, -0.25) is 29.4 Å². The SMILES string of the molecule is CC(C)(C)C(=O)CN1C(=O)N(CC(=O)Nc2cccc(/C=C3\SC(=O)NC3=O)c2)N=C(C2CCCCC2)c2ccccc21. The lowest BCUT2D eigenvalue weighted by atomic mass is 9.83. The van der Waals surface area contributed by atoms with E-state index < -0.39 is 28.5 Å². The molecular formula is C32H35N5O5S. The Balaban J connectivity index is 1.43. The third kappa shape index (κ3) is 7.05. The topological polar surface area (TPSA) is 128 Å².